The lowest BCUT2D eigenvalue weighted by molar-refractivity contribution is -0.387. The number of pyridine rings is 1. The van der Waals surface area contributed by atoms with Crippen LogP contribution in [0.3, 0.4) is 0 Å². The van der Waals surface area contributed by atoms with Crippen molar-refractivity contribution in [1.29, 1.82) is 0 Å². The number of benzene rings is 2. The summed E-state index contributed by atoms with van der Waals surface area (Å²) in [6.07, 6.45) is 1.87. The van der Waals surface area contributed by atoms with E-state index in [0.29, 0.717) is 41.7 Å². The molecule has 0 spiro atoms. The van der Waals surface area contributed by atoms with Crippen molar-refractivity contribution in [3.63, 3.8) is 0 Å². The number of aromatic amines is 1. The Balaban J connectivity index is 1.48. The van der Waals surface area contributed by atoms with Crippen molar-refractivity contribution in [3.05, 3.63) is 87.6 Å². The summed E-state index contributed by atoms with van der Waals surface area (Å²) in [5.74, 6) is 0.812. The highest BCUT2D eigenvalue weighted by Crippen LogP contribution is 2.36. The molecule has 1 aliphatic rings. The van der Waals surface area contributed by atoms with E-state index >= 15 is 0 Å². The first-order chi connectivity index (χ1) is 15.0. The number of rotatable bonds is 5. The third kappa shape index (κ3) is 4.98. The van der Waals surface area contributed by atoms with Crippen LogP contribution in [0.25, 0.3) is 0 Å². The third-order valence-corrected chi connectivity index (χ3v) is 6.32. The van der Waals surface area contributed by atoms with Crippen LogP contribution in [-0.4, -0.2) is 41.9 Å². The highest BCUT2D eigenvalue weighted by molar-refractivity contribution is 7.99. The van der Waals surface area contributed by atoms with Crippen LogP contribution < -0.4 is 9.88 Å². The van der Waals surface area contributed by atoms with Crippen LogP contribution in [0.4, 0.5) is 11.5 Å². The molecule has 2 aromatic carbocycles. The summed E-state index contributed by atoms with van der Waals surface area (Å²) in [7, 11) is 0. The van der Waals surface area contributed by atoms with Gasteiger partial charge < -0.3 is 4.90 Å². The maximum atomic E-state index is 13.0. The maximum absolute atomic E-state index is 13.0. The Labute approximate surface area is 188 Å². The van der Waals surface area contributed by atoms with Crippen molar-refractivity contribution < 1.29 is 14.7 Å². The predicted molar refractivity (Wildman–Crippen MR) is 120 cm³/mol. The average Bonchev–Trinajstić information content (AvgIpc) is 2.79. The van der Waals surface area contributed by atoms with Gasteiger partial charge in [-0.15, -0.1) is 0 Å². The highest BCUT2D eigenvalue weighted by Gasteiger charge is 2.28. The summed E-state index contributed by atoms with van der Waals surface area (Å²) in [4.78, 5) is 32.6. The number of nitro benzene ring substituents is 1. The summed E-state index contributed by atoms with van der Waals surface area (Å²) in [5.41, 5.74) is 0.232. The summed E-state index contributed by atoms with van der Waals surface area (Å²) < 4.78 is 0. The number of anilines is 1. The van der Waals surface area contributed by atoms with Crippen LogP contribution in [0.2, 0.25) is 5.02 Å². The van der Waals surface area contributed by atoms with Crippen molar-refractivity contribution in [3.8, 4) is 0 Å². The number of halogens is 1. The van der Waals surface area contributed by atoms with Gasteiger partial charge in [-0.3, -0.25) is 19.8 Å². The lowest BCUT2D eigenvalue weighted by atomic mass is 10.1. The van der Waals surface area contributed by atoms with Crippen LogP contribution in [0.1, 0.15) is 10.4 Å². The molecule has 3 aromatic rings. The highest BCUT2D eigenvalue weighted by atomic mass is 35.5. The van der Waals surface area contributed by atoms with E-state index in [2.05, 4.69) is 9.88 Å². The number of nitrogens with one attached hydrogen (secondary N) is 1. The number of hydrogen-bond donors (Lipinski definition) is 0. The number of H-pyrrole nitrogens is 1. The standard InChI is InChI=1S/C22H19ClN4O3S/c23-17-4-3-5-18(15-17)31-20-8-7-16(14-19(20)27(29)30)22(28)26-12-10-25(11-13-26)21-6-1-2-9-24-21/h1-9,14-15H,10-13H2/p+1. The normalized spacial score (nSPS) is 13.8. The molecule has 1 aromatic heterocycles. The molecule has 9 heteroatoms. The van der Waals surface area contributed by atoms with Gasteiger partial charge in [-0.05, 0) is 36.4 Å². The average molecular weight is 456 g/mol. The molecule has 0 radical (unpaired) electrons. The quantitative estimate of drug-likeness (QED) is 0.426. The van der Waals surface area contributed by atoms with Gasteiger partial charge in [0.2, 0.25) is 0 Å². The van der Waals surface area contributed by atoms with Crippen LogP contribution in [0.15, 0.2) is 76.7 Å². The number of amides is 1. The molecule has 1 saturated heterocycles. The van der Waals surface area contributed by atoms with E-state index in [-0.39, 0.29) is 11.6 Å². The van der Waals surface area contributed by atoms with Crippen molar-refractivity contribution in [2.75, 3.05) is 31.1 Å². The zero-order valence-corrected chi connectivity index (χ0v) is 18.1. The molecule has 2 heterocycles. The molecule has 0 saturated carbocycles. The molecule has 0 unspecified atom stereocenters. The van der Waals surface area contributed by atoms with Crippen LogP contribution >= 0.6 is 23.4 Å². The van der Waals surface area contributed by atoms with Gasteiger partial charge in [-0.1, -0.05) is 35.5 Å². The second kappa shape index (κ2) is 9.36. The van der Waals surface area contributed by atoms with Crippen LogP contribution in [0.5, 0.6) is 0 Å². The van der Waals surface area contributed by atoms with Crippen LogP contribution in [0, 0.1) is 10.1 Å². The number of carbonyl (C=O) groups is 1. The molecule has 0 bridgehead atoms. The minimum atomic E-state index is -0.452. The number of nitro groups is 1. The van der Waals surface area contributed by atoms with Crippen molar-refractivity contribution in [2.45, 2.75) is 9.79 Å². The molecule has 1 N–H and O–H groups in total. The Kier molecular flexibility index (Phi) is 6.39. The van der Waals surface area contributed by atoms with Crippen molar-refractivity contribution in [1.82, 2.24) is 4.90 Å². The molecule has 7 nitrogen and oxygen atoms in total. The molecule has 1 fully saturated rings. The molecule has 31 heavy (non-hydrogen) atoms. The van der Waals surface area contributed by atoms with Crippen molar-refractivity contribution >= 4 is 40.8 Å². The first kappa shape index (κ1) is 21.1. The van der Waals surface area contributed by atoms with Gasteiger partial charge in [0, 0.05) is 27.6 Å². The predicted octanol–water partition coefficient (Wildman–Crippen LogP) is 4.18. The van der Waals surface area contributed by atoms with Gasteiger partial charge in [0.05, 0.1) is 29.1 Å². The first-order valence-corrected chi connectivity index (χ1v) is 10.9. The van der Waals surface area contributed by atoms with Gasteiger partial charge >= 0.3 is 0 Å². The number of piperazine rings is 1. The number of hydrogen-bond acceptors (Lipinski definition) is 5. The minimum absolute atomic E-state index is 0.0895. The van der Waals surface area contributed by atoms with Gasteiger partial charge in [-0.2, -0.15) is 0 Å². The zero-order chi connectivity index (χ0) is 21.8. The summed E-state index contributed by atoms with van der Waals surface area (Å²) >= 11 is 7.26. The number of nitrogens with zero attached hydrogens (tertiary/aromatic N) is 3. The third-order valence-electron chi connectivity index (χ3n) is 5.03. The van der Waals surface area contributed by atoms with E-state index in [4.69, 9.17) is 11.6 Å². The van der Waals surface area contributed by atoms with Gasteiger partial charge in [0.25, 0.3) is 17.4 Å². The fourth-order valence-electron chi connectivity index (χ4n) is 3.45. The van der Waals surface area contributed by atoms with Crippen molar-refractivity contribution in [2.24, 2.45) is 0 Å². The molecule has 0 atom stereocenters. The second-order valence-electron chi connectivity index (χ2n) is 7.03. The zero-order valence-electron chi connectivity index (χ0n) is 16.5. The maximum Gasteiger partial charge on any atom is 0.284 e. The van der Waals surface area contributed by atoms with E-state index in [1.807, 2.05) is 30.5 Å². The Morgan fingerprint density at radius 3 is 2.52 bits per heavy atom. The Hall–Kier alpha value is -3.10. The fraction of sp³-hybridized carbons (Fsp3) is 0.182. The summed E-state index contributed by atoms with van der Waals surface area (Å²) in [6, 6.07) is 17.7. The molecule has 1 aliphatic heterocycles. The number of carbonyl (C=O) groups excluding carboxylic acids is 1. The first-order valence-electron chi connectivity index (χ1n) is 9.74. The van der Waals surface area contributed by atoms with E-state index in [0.717, 1.165) is 10.7 Å². The van der Waals surface area contributed by atoms with Gasteiger partial charge in [0.15, 0.2) is 0 Å². The Morgan fingerprint density at radius 1 is 1.03 bits per heavy atom. The second-order valence-corrected chi connectivity index (χ2v) is 8.58. The molecular weight excluding hydrogens is 436 g/mol. The summed E-state index contributed by atoms with van der Waals surface area (Å²) in [6.45, 7) is 2.48. The number of aromatic nitrogens is 1. The van der Waals surface area contributed by atoms with E-state index < -0.39 is 4.92 Å². The van der Waals surface area contributed by atoms with Gasteiger partial charge in [0.1, 0.15) is 13.1 Å². The van der Waals surface area contributed by atoms with E-state index in [9.17, 15) is 14.9 Å². The molecule has 158 valence electrons. The van der Waals surface area contributed by atoms with E-state index in [1.54, 1.807) is 35.2 Å². The topological polar surface area (TPSA) is 80.8 Å². The van der Waals surface area contributed by atoms with Gasteiger partial charge in [-0.25, -0.2) is 4.98 Å². The Bertz CT molecular complexity index is 1100. The minimum Gasteiger partial charge on any atom is -0.331 e. The van der Waals surface area contributed by atoms with E-state index in [1.165, 1.54) is 17.8 Å². The smallest absolute Gasteiger partial charge is 0.284 e. The SMILES string of the molecule is O=C(c1ccc(Sc2cccc(Cl)c2)c([N+](=O)[O-])c1)N1CCN(c2cccc[nH+]2)CC1. The lowest BCUT2D eigenvalue weighted by Crippen LogP contribution is -2.50. The monoisotopic (exact) mass is 455 g/mol. The molecule has 1 amide bonds. The lowest BCUT2D eigenvalue weighted by Gasteiger charge is -2.31. The molecular formula is C22H20ClN4O3S+. The molecule has 0 aliphatic carbocycles. The van der Waals surface area contributed by atoms with Crippen LogP contribution in [-0.2, 0) is 0 Å². The summed E-state index contributed by atoms with van der Waals surface area (Å²) in [5, 5.41) is 12.2. The largest absolute Gasteiger partial charge is 0.331 e. The molecule has 4 rings (SSSR count). The fourth-order valence-corrected chi connectivity index (χ4v) is 4.67. The Morgan fingerprint density at radius 2 is 1.84 bits per heavy atom.